The second-order valence-electron chi connectivity index (χ2n) is 9.97. The lowest BCUT2D eigenvalue weighted by Gasteiger charge is -2.64. The standard InChI is InChI=1S/C23H38N4O2/c28-21-25-18-10-17-24-16-9-3-8-15-23(24,25)27(20-13-6-2-7-14-20)22(29)26(21)19-11-4-1-5-12-19/h19-20H,1-18H2. The van der Waals surface area contributed by atoms with Crippen LogP contribution < -0.4 is 0 Å². The fourth-order valence-corrected chi connectivity index (χ4v) is 6.95. The Labute approximate surface area is 175 Å². The van der Waals surface area contributed by atoms with Crippen molar-refractivity contribution in [2.75, 3.05) is 19.6 Å². The lowest BCUT2D eigenvalue weighted by Crippen LogP contribution is -2.82. The molecular formula is C23H38N4O2. The molecule has 6 heteroatoms. The van der Waals surface area contributed by atoms with Crippen LogP contribution >= 0.6 is 0 Å². The van der Waals surface area contributed by atoms with Crippen molar-refractivity contribution in [1.82, 2.24) is 19.6 Å². The number of rotatable bonds is 2. The molecule has 3 aliphatic heterocycles. The van der Waals surface area contributed by atoms with Crippen LogP contribution in [0.25, 0.3) is 0 Å². The predicted octanol–water partition coefficient (Wildman–Crippen LogP) is 4.74. The smallest absolute Gasteiger partial charge is 0.288 e. The maximum atomic E-state index is 14.1. The van der Waals surface area contributed by atoms with E-state index in [-0.39, 0.29) is 24.1 Å². The van der Waals surface area contributed by atoms with Gasteiger partial charge in [0.25, 0.3) is 0 Å². The maximum Gasteiger partial charge on any atom is 0.331 e. The molecule has 5 aliphatic rings. The third-order valence-corrected chi connectivity index (χ3v) is 8.30. The van der Waals surface area contributed by atoms with Gasteiger partial charge in [-0.15, -0.1) is 0 Å². The molecule has 29 heavy (non-hydrogen) atoms. The van der Waals surface area contributed by atoms with Gasteiger partial charge in [0.05, 0.1) is 0 Å². The fourth-order valence-electron chi connectivity index (χ4n) is 6.95. The van der Waals surface area contributed by atoms with Gasteiger partial charge in [0.1, 0.15) is 0 Å². The number of imide groups is 1. The molecule has 0 bridgehead atoms. The molecule has 0 aromatic heterocycles. The molecule has 3 saturated heterocycles. The largest absolute Gasteiger partial charge is 0.331 e. The lowest BCUT2D eigenvalue weighted by atomic mass is 9.89. The SMILES string of the molecule is O=C1N(C2CCCCC2)C(=O)N(C2CCCCC2)C23CCCCCN2CCCN13. The second kappa shape index (κ2) is 8.09. The topological polar surface area (TPSA) is 47.1 Å². The molecule has 1 unspecified atom stereocenters. The third kappa shape index (κ3) is 3.17. The van der Waals surface area contributed by atoms with Gasteiger partial charge in [-0.25, -0.2) is 14.5 Å². The summed E-state index contributed by atoms with van der Waals surface area (Å²) in [5.74, 6) is -0.490. The number of carbonyl (C=O) groups excluding carboxylic acids is 2. The van der Waals surface area contributed by atoms with Gasteiger partial charge < -0.3 is 0 Å². The summed E-state index contributed by atoms with van der Waals surface area (Å²) in [4.78, 5) is 36.6. The molecule has 1 atom stereocenters. The highest BCUT2D eigenvalue weighted by Crippen LogP contribution is 2.45. The Morgan fingerprint density at radius 2 is 1.24 bits per heavy atom. The Balaban J connectivity index is 1.57. The maximum absolute atomic E-state index is 14.1. The van der Waals surface area contributed by atoms with Crippen LogP contribution in [0.2, 0.25) is 0 Å². The third-order valence-electron chi connectivity index (χ3n) is 8.30. The van der Waals surface area contributed by atoms with E-state index in [4.69, 9.17) is 0 Å². The Bertz CT molecular complexity index is 628. The van der Waals surface area contributed by atoms with Crippen molar-refractivity contribution in [3.8, 4) is 0 Å². The zero-order valence-electron chi connectivity index (χ0n) is 18.0. The minimum absolute atomic E-state index is 0.0144. The molecule has 0 radical (unpaired) electrons. The van der Waals surface area contributed by atoms with Crippen molar-refractivity contribution >= 4 is 12.1 Å². The van der Waals surface area contributed by atoms with E-state index < -0.39 is 5.79 Å². The molecule has 2 saturated carbocycles. The quantitative estimate of drug-likeness (QED) is 0.670. The first kappa shape index (κ1) is 19.7. The van der Waals surface area contributed by atoms with Crippen LogP contribution in [-0.2, 0) is 0 Å². The Hall–Kier alpha value is -1.30. The van der Waals surface area contributed by atoms with Crippen LogP contribution in [0.15, 0.2) is 0 Å². The molecule has 3 heterocycles. The zero-order chi connectivity index (χ0) is 19.8. The predicted molar refractivity (Wildman–Crippen MR) is 112 cm³/mol. The van der Waals surface area contributed by atoms with Crippen molar-refractivity contribution in [2.45, 2.75) is 114 Å². The average Bonchev–Trinajstić information content (AvgIpc) is 2.97. The van der Waals surface area contributed by atoms with E-state index in [2.05, 4.69) is 14.7 Å². The van der Waals surface area contributed by atoms with Crippen molar-refractivity contribution in [1.29, 1.82) is 0 Å². The second-order valence-corrected chi connectivity index (χ2v) is 9.97. The molecule has 0 aromatic carbocycles. The molecule has 0 N–H and O–H groups in total. The van der Waals surface area contributed by atoms with Gasteiger partial charge in [-0.2, -0.15) is 0 Å². The van der Waals surface area contributed by atoms with E-state index in [0.717, 1.165) is 77.4 Å². The number of nitrogens with zero attached hydrogens (tertiary/aromatic N) is 4. The number of hydrogen-bond acceptors (Lipinski definition) is 3. The molecule has 5 rings (SSSR count). The summed E-state index contributed by atoms with van der Waals surface area (Å²) in [7, 11) is 0. The van der Waals surface area contributed by atoms with Crippen molar-refractivity contribution in [2.24, 2.45) is 0 Å². The van der Waals surface area contributed by atoms with E-state index in [0.29, 0.717) is 0 Å². The highest BCUT2D eigenvalue weighted by atomic mass is 16.2. The first-order valence-electron chi connectivity index (χ1n) is 12.4. The Morgan fingerprint density at radius 1 is 0.621 bits per heavy atom. The first-order valence-corrected chi connectivity index (χ1v) is 12.4. The number of amides is 4. The van der Waals surface area contributed by atoms with Gasteiger partial charge in [0.15, 0.2) is 5.79 Å². The molecule has 4 amide bonds. The average molecular weight is 403 g/mol. The van der Waals surface area contributed by atoms with E-state index in [9.17, 15) is 9.59 Å². The summed E-state index contributed by atoms with van der Waals surface area (Å²) in [6.07, 6.45) is 16.9. The van der Waals surface area contributed by atoms with Crippen molar-refractivity contribution < 1.29 is 9.59 Å². The number of carbonyl (C=O) groups is 2. The summed E-state index contributed by atoms with van der Waals surface area (Å²) in [6.45, 7) is 2.84. The minimum Gasteiger partial charge on any atom is -0.288 e. The van der Waals surface area contributed by atoms with Crippen LogP contribution in [0.4, 0.5) is 9.59 Å². The fraction of sp³-hybridized carbons (Fsp3) is 0.913. The van der Waals surface area contributed by atoms with Crippen LogP contribution in [0.3, 0.4) is 0 Å². The van der Waals surface area contributed by atoms with Gasteiger partial charge in [-0.1, -0.05) is 44.9 Å². The Kier molecular flexibility index (Phi) is 5.48. The normalized spacial score (nSPS) is 33.4. The molecular weight excluding hydrogens is 364 g/mol. The molecule has 6 nitrogen and oxygen atoms in total. The van der Waals surface area contributed by atoms with Crippen LogP contribution in [-0.4, -0.2) is 69.2 Å². The van der Waals surface area contributed by atoms with Gasteiger partial charge >= 0.3 is 12.1 Å². The molecule has 0 aromatic rings. The van der Waals surface area contributed by atoms with E-state index in [1.807, 2.05) is 0 Å². The van der Waals surface area contributed by atoms with Gasteiger partial charge in [-0.05, 0) is 44.9 Å². The zero-order valence-corrected chi connectivity index (χ0v) is 18.0. The molecule has 162 valence electrons. The number of hydrogen-bond donors (Lipinski definition) is 0. The summed E-state index contributed by atoms with van der Waals surface area (Å²) < 4.78 is 0. The van der Waals surface area contributed by atoms with Gasteiger partial charge in [-0.3, -0.25) is 14.7 Å². The van der Waals surface area contributed by atoms with E-state index in [1.54, 1.807) is 4.90 Å². The van der Waals surface area contributed by atoms with E-state index >= 15 is 0 Å². The van der Waals surface area contributed by atoms with Crippen molar-refractivity contribution in [3.05, 3.63) is 0 Å². The van der Waals surface area contributed by atoms with Gasteiger partial charge in [0, 0.05) is 38.1 Å². The highest BCUT2D eigenvalue weighted by Gasteiger charge is 2.61. The van der Waals surface area contributed by atoms with E-state index in [1.165, 1.54) is 38.5 Å². The summed E-state index contributed by atoms with van der Waals surface area (Å²) in [5, 5.41) is 0. The number of urea groups is 2. The van der Waals surface area contributed by atoms with Crippen molar-refractivity contribution in [3.63, 3.8) is 0 Å². The molecule has 2 aliphatic carbocycles. The first-order chi connectivity index (χ1) is 14.2. The van der Waals surface area contributed by atoms with Gasteiger partial charge in [0.2, 0.25) is 0 Å². The monoisotopic (exact) mass is 402 g/mol. The molecule has 1 spiro atoms. The molecule has 5 fully saturated rings. The van der Waals surface area contributed by atoms with Crippen LogP contribution in [0, 0.1) is 0 Å². The summed E-state index contributed by atoms with van der Waals surface area (Å²) in [6, 6.07) is 0.449. The van der Waals surface area contributed by atoms with Crippen LogP contribution in [0.1, 0.15) is 96.3 Å². The lowest BCUT2D eigenvalue weighted by molar-refractivity contribution is -0.186. The van der Waals surface area contributed by atoms with Crippen LogP contribution in [0.5, 0.6) is 0 Å². The Morgan fingerprint density at radius 3 is 1.97 bits per heavy atom. The highest BCUT2D eigenvalue weighted by molar-refractivity contribution is 5.97. The minimum atomic E-state index is -0.490. The summed E-state index contributed by atoms with van der Waals surface area (Å²) >= 11 is 0. The summed E-state index contributed by atoms with van der Waals surface area (Å²) in [5.41, 5.74) is 0.